The number of hydrogen-bond acceptors (Lipinski definition) is 5. The molecule has 1 spiro atoms. The van der Waals surface area contributed by atoms with E-state index in [9.17, 15) is 18.4 Å². The minimum absolute atomic E-state index is 0.166. The lowest BCUT2D eigenvalue weighted by Gasteiger charge is -2.39. The Morgan fingerprint density at radius 3 is 2.37 bits per heavy atom. The van der Waals surface area contributed by atoms with Crippen molar-refractivity contribution in [2.24, 2.45) is 0 Å². The number of likely N-dealkylation sites (tertiary alicyclic amines) is 1. The molecule has 1 atom stereocenters. The smallest absolute Gasteiger partial charge is 0.322 e. The van der Waals surface area contributed by atoms with Gasteiger partial charge in [0.25, 0.3) is 12.3 Å². The van der Waals surface area contributed by atoms with Crippen molar-refractivity contribution >= 4 is 11.9 Å². The van der Waals surface area contributed by atoms with E-state index in [0.29, 0.717) is 39.1 Å². The summed E-state index contributed by atoms with van der Waals surface area (Å²) in [6, 6.07) is 9.76. The van der Waals surface area contributed by atoms with E-state index in [1.54, 1.807) is 4.90 Å². The van der Waals surface area contributed by atoms with E-state index in [4.69, 9.17) is 0 Å². The fourth-order valence-electron chi connectivity index (χ4n) is 4.71. The number of nitrogens with one attached hydrogen (secondary N) is 1. The Kier molecular flexibility index (Phi) is 6.31. The number of piperidine rings is 1. The third-order valence-electron chi connectivity index (χ3n) is 6.27. The second-order valence-corrected chi connectivity index (χ2v) is 8.50. The Bertz CT molecular complexity index is 757. The van der Waals surface area contributed by atoms with Gasteiger partial charge in [-0.3, -0.25) is 19.5 Å². The van der Waals surface area contributed by atoms with E-state index in [-0.39, 0.29) is 25.2 Å². The highest BCUT2D eigenvalue weighted by Crippen LogP contribution is 2.29. The third kappa shape index (κ3) is 4.63. The fourth-order valence-corrected chi connectivity index (χ4v) is 4.71. The summed E-state index contributed by atoms with van der Waals surface area (Å²) in [6.07, 6.45) is -0.854. The summed E-state index contributed by atoms with van der Waals surface area (Å²) >= 11 is 0. The van der Waals surface area contributed by atoms with Crippen molar-refractivity contribution in [3.8, 4) is 0 Å². The van der Waals surface area contributed by atoms with Crippen molar-refractivity contribution in [3.05, 3.63) is 35.9 Å². The van der Waals surface area contributed by atoms with Gasteiger partial charge in [0.15, 0.2) is 0 Å². The molecule has 0 bridgehead atoms. The summed E-state index contributed by atoms with van der Waals surface area (Å²) in [6.45, 7) is 4.31. The number of nitrogens with zero attached hydrogens (tertiary/aromatic N) is 4. The van der Waals surface area contributed by atoms with E-state index in [1.165, 1.54) is 10.5 Å². The first-order valence-corrected chi connectivity index (χ1v) is 10.6. The first-order valence-electron chi connectivity index (χ1n) is 10.6. The number of alkyl halides is 2. The van der Waals surface area contributed by atoms with Crippen molar-refractivity contribution in [1.29, 1.82) is 0 Å². The lowest BCUT2D eigenvalue weighted by Crippen LogP contribution is -2.58. The van der Waals surface area contributed by atoms with Gasteiger partial charge in [0.2, 0.25) is 0 Å². The van der Waals surface area contributed by atoms with Crippen LogP contribution < -0.4 is 5.32 Å². The average Bonchev–Trinajstić information content (AvgIpc) is 2.93. The van der Waals surface area contributed by atoms with Crippen molar-refractivity contribution in [1.82, 2.24) is 24.9 Å². The number of urea groups is 1. The van der Waals surface area contributed by atoms with Crippen LogP contribution in [0.1, 0.15) is 18.4 Å². The number of carbonyl (C=O) groups excluding carboxylic acids is 2. The highest BCUT2D eigenvalue weighted by atomic mass is 19.3. The second kappa shape index (κ2) is 8.95. The molecule has 3 aliphatic rings. The Balaban J connectivity index is 1.35. The zero-order chi connectivity index (χ0) is 21.1. The Hall–Kier alpha value is -2.10. The number of piperazine rings is 1. The largest absolute Gasteiger partial charge is 0.326 e. The molecular formula is C21H29F2N5O2. The molecule has 3 aliphatic heterocycles. The summed E-state index contributed by atoms with van der Waals surface area (Å²) in [7, 11) is 0. The van der Waals surface area contributed by atoms with Crippen molar-refractivity contribution < 1.29 is 18.4 Å². The van der Waals surface area contributed by atoms with Gasteiger partial charge >= 0.3 is 6.03 Å². The standard InChI is InChI=1S/C21H29F2N5O2/c22-18(23)14-25-9-11-26(12-10-25)16-28-19(29)21(24-20(28)30)7-4-8-27(15-21)13-17-5-2-1-3-6-17/h1-3,5-6,18H,4,7-16H2,(H,24,30). The number of imide groups is 1. The predicted molar refractivity (Wildman–Crippen MR) is 108 cm³/mol. The molecule has 1 aromatic rings. The highest BCUT2D eigenvalue weighted by molar-refractivity contribution is 6.07. The molecule has 1 unspecified atom stereocenters. The van der Waals surface area contributed by atoms with Crippen LogP contribution in [0.15, 0.2) is 30.3 Å². The molecule has 0 saturated carbocycles. The van der Waals surface area contributed by atoms with Gasteiger partial charge in [-0.15, -0.1) is 0 Å². The molecule has 3 amide bonds. The average molecular weight is 421 g/mol. The number of halogens is 2. The first-order chi connectivity index (χ1) is 14.4. The van der Waals surface area contributed by atoms with Crippen LogP contribution in [0.4, 0.5) is 13.6 Å². The van der Waals surface area contributed by atoms with Crippen LogP contribution in [0.3, 0.4) is 0 Å². The molecule has 3 heterocycles. The molecule has 164 valence electrons. The summed E-state index contributed by atoms with van der Waals surface area (Å²) in [5.41, 5.74) is 0.326. The predicted octanol–water partition coefficient (Wildman–Crippen LogP) is 1.41. The van der Waals surface area contributed by atoms with Crippen LogP contribution in [-0.2, 0) is 11.3 Å². The Morgan fingerprint density at radius 2 is 1.67 bits per heavy atom. The second-order valence-electron chi connectivity index (χ2n) is 8.50. The van der Waals surface area contributed by atoms with Crippen molar-refractivity contribution in [3.63, 3.8) is 0 Å². The number of rotatable bonds is 6. The Morgan fingerprint density at radius 1 is 0.967 bits per heavy atom. The van der Waals surface area contributed by atoms with E-state index >= 15 is 0 Å². The number of amides is 3. The van der Waals surface area contributed by atoms with Crippen molar-refractivity contribution in [2.45, 2.75) is 31.4 Å². The van der Waals surface area contributed by atoms with Gasteiger partial charge in [-0.25, -0.2) is 18.5 Å². The van der Waals surface area contributed by atoms with Crippen molar-refractivity contribution in [2.75, 3.05) is 52.5 Å². The normalized spacial score (nSPS) is 26.7. The maximum atomic E-state index is 13.3. The molecule has 7 nitrogen and oxygen atoms in total. The summed E-state index contributed by atoms with van der Waals surface area (Å²) in [5.74, 6) is -0.166. The van der Waals surface area contributed by atoms with Gasteiger partial charge in [0, 0.05) is 39.3 Å². The van der Waals surface area contributed by atoms with Crippen LogP contribution in [0, 0.1) is 0 Å². The molecule has 0 aromatic heterocycles. The van der Waals surface area contributed by atoms with Crippen LogP contribution in [0.2, 0.25) is 0 Å². The lowest BCUT2D eigenvalue weighted by atomic mass is 9.88. The molecule has 9 heteroatoms. The maximum Gasteiger partial charge on any atom is 0.326 e. The zero-order valence-corrected chi connectivity index (χ0v) is 17.1. The van der Waals surface area contributed by atoms with Crippen LogP contribution >= 0.6 is 0 Å². The lowest BCUT2D eigenvalue weighted by molar-refractivity contribution is -0.135. The zero-order valence-electron chi connectivity index (χ0n) is 17.1. The first kappa shape index (κ1) is 21.1. The summed E-state index contributed by atoms with van der Waals surface area (Å²) in [4.78, 5) is 33.1. The third-order valence-corrected chi connectivity index (χ3v) is 6.27. The van der Waals surface area contributed by atoms with E-state index in [2.05, 4.69) is 22.3 Å². The quantitative estimate of drug-likeness (QED) is 0.704. The van der Waals surface area contributed by atoms with Gasteiger partial charge in [-0.2, -0.15) is 0 Å². The van der Waals surface area contributed by atoms with E-state index in [1.807, 2.05) is 23.1 Å². The molecule has 1 aromatic carbocycles. The van der Waals surface area contributed by atoms with E-state index < -0.39 is 12.0 Å². The molecule has 3 fully saturated rings. The monoisotopic (exact) mass is 421 g/mol. The molecule has 4 rings (SSSR count). The molecule has 30 heavy (non-hydrogen) atoms. The van der Waals surface area contributed by atoms with Gasteiger partial charge in [0.1, 0.15) is 5.54 Å². The maximum absolute atomic E-state index is 13.3. The molecule has 3 saturated heterocycles. The Labute approximate surface area is 175 Å². The minimum Gasteiger partial charge on any atom is -0.322 e. The molecule has 0 radical (unpaired) electrons. The van der Waals surface area contributed by atoms with Gasteiger partial charge in [0.05, 0.1) is 13.2 Å². The number of benzene rings is 1. The number of hydrogen-bond donors (Lipinski definition) is 1. The van der Waals surface area contributed by atoms with Gasteiger partial charge in [-0.05, 0) is 24.9 Å². The van der Waals surface area contributed by atoms with E-state index in [0.717, 1.165) is 19.5 Å². The van der Waals surface area contributed by atoms with Gasteiger partial charge in [-0.1, -0.05) is 30.3 Å². The summed E-state index contributed by atoms with van der Waals surface area (Å²) < 4.78 is 25.1. The molecule has 0 aliphatic carbocycles. The minimum atomic E-state index is -2.34. The van der Waals surface area contributed by atoms with Crippen LogP contribution in [0.25, 0.3) is 0 Å². The molecular weight excluding hydrogens is 392 g/mol. The van der Waals surface area contributed by atoms with Crippen LogP contribution in [0.5, 0.6) is 0 Å². The summed E-state index contributed by atoms with van der Waals surface area (Å²) in [5, 5.41) is 2.97. The number of carbonyl (C=O) groups is 2. The highest BCUT2D eigenvalue weighted by Gasteiger charge is 2.53. The van der Waals surface area contributed by atoms with Gasteiger partial charge < -0.3 is 5.32 Å². The van der Waals surface area contributed by atoms with Crippen LogP contribution in [-0.4, -0.2) is 96.0 Å². The SMILES string of the molecule is O=C1NC2(CCCN(Cc3ccccc3)C2)C(=O)N1CN1CCN(CC(F)F)CC1. The topological polar surface area (TPSA) is 59.1 Å². The fraction of sp³-hybridized carbons (Fsp3) is 0.619. The molecule has 1 N–H and O–H groups in total.